The number of carboxylic acid groups (broad SMARTS) is 1. The van der Waals surface area contributed by atoms with E-state index < -0.39 is 5.97 Å². The third kappa shape index (κ3) is 6.50. The van der Waals surface area contributed by atoms with Gasteiger partial charge in [0.1, 0.15) is 11.6 Å². The molecule has 1 unspecified atom stereocenters. The summed E-state index contributed by atoms with van der Waals surface area (Å²) in [5, 5.41) is 12.3. The molecule has 4 rings (SSSR count). The Kier molecular flexibility index (Phi) is 9.11. The van der Waals surface area contributed by atoms with Crippen LogP contribution in [0.5, 0.6) is 5.75 Å². The standard InChI is InChI=1S/C26H31ClFN3O3S2/c1-34-18-3-5-22-19(10-18)26(20(27)11-30-22)21(29)4-2-15-6-7-31(12-16(15)8-25(32)33)13-23(35)24-9-17(28)14-36-24/h3,5,9-11,14-16,21,23,35H,2,4,6-8,12-13,29H2,1H3,(H,32,33)/t15-,16+,21+,23?/m1/s1. The van der Waals surface area contributed by atoms with Crippen LogP contribution in [0.2, 0.25) is 5.02 Å². The Hall–Kier alpha value is -1.91. The van der Waals surface area contributed by atoms with Crippen LogP contribution in [0.3, 0.4) is 0 Å². The Bertz CT molecular complexity index is 1210. The van der Waals surface area contributed by atoms with Crippen molar-refractivity contribution in [3.8, 4) is 5.75 Å². The number of nitrogens with two attached hydrogens (primary N) is 1. The fraction of sp³-hybridized carbons (Fsp3) is 0.462. The molecule has 0 amide bonds. The van der Waals surface area contributed by atoms with Gasteiger partial charge in [-0.15, -0.1) is 11.3 Å². The molecule has 36 heavy (non-hydrogen) atoms. The quantitative estimate of drug-likeness (QED) is 0.269. The van der Waals surface area contributed by atoms with Crippen molar-refractivity contribution in [3.63, 3.8) is 0 Å². The monoisotopic (exact) mass is 551 g/mol. The summed E-state index contributed by atoms with van der Waals surface area (Å²) in [6.07, 6.45) is 4.10. The molecule has 3 aromatic rings. The highest BCUT2D eigenvalue weighted by Crippen LogP contribution is 2.37. The first-order chi connectivity index (χ1) is 17.2. The topological polar surface area (TPSA) is 88.7 Å². The van der Waals surface area contributed by atoms with Gasteiger partial charge in [0.2, 0.25) is 0 Å². The third-order valence-corrected chi connectivity index (χ3v) is 8.98. The number of aliphatic carboxylic acids is 1. The van der Waals surface area contributed by atoms with Crippen molar-refractivity contribution in [3.05, 3.63) is 57.1 Å². The van der Waals surface area contributed by atoms with Gasteiger partial charge in [0.05, 0.1) is 17.6 Å². The molecule has 4 atom stereocenters. The highest BCUT2D eigenvalue weighted by molar-refractivity contribution is 7.80. The zero-order valence-electron chi connectivity index (χ0n) is 20.1. The largest absolute Gasteiger partial charge is 0.497 e. The molecular formula is C26H31ClFN3O3S2. The van der Waals surface area contributed by atoms with Gasteiger partial charge < -0.3 is 20.5 Å². The van der Waals surface area contributed by atoms with E-state index in [1.165, 1.54) is 22.8 Å². The number of hydrogen-bond donors (Lipinski definition) is 3. The SMILES string of the molecule is COc1ccc2ncc(Cl)c([C@@H](N)CC[C@@H]3CCN(CC(S)c4cc(F)cs4)C[C@@H]3CC(=O)O)c2c1. The number of thiol groups is 1. The lowest BCUT2D eigenvalue weighted by Gasteiger charge is -2.39. The molecule has 0 saturated carbocycles. The van der Waals surface area contributed by atoms with E-state index in [0.717, 1.165) is 40.7 Å². The van der Waals surface area contributed by atoms with Gasteiger partial charge in [-0.1, -0.05) is 11.6 Å². The van der Waals surface area contributed by atoms with Crippen molar-refractivity contribution in [2.24, 2.45) is 17.6 Å². The zero-order valence-corrected chi connectivity index (χ0v) is 22.5. The summed E-state index contributed by atoms with van der Waals surface area (Å²) < 4.78 is 18.8. The molecule has 0 aliphatic carbocycles. The first-order valence-electron chi connectivity index (χ1n) is 12.0. The molecular weight excluding hydrogens is 521 g/mol. The fourth-order valence-electron chi connectivity index (χ4n) is 5.20. The molecule has 1 aromatic carbocycles. The molecule has 0 bridgehead atoms. The van der Waals surface area contributed by atoms with Crippen LogP contribution in [0.1, 0.15) is 47.4 Å². The highest BCUT2D eigenvalue weighted by atomic mass is 35.5. The minimum absolute atomic E-state index is 0.00815. The Labute approximate surface area is 225 Å². The maximum atomic E-state index is 13.4. The summed E-state index contributed by atoms with van der Waals surface area (Å²) in [4.78, 5) is 19.2. The average Bonchev–Trinajstić information content (AvgIpc) is 3.29. The number of methoxy groups -OCH3 is 1. The number of benzene rings is 1. The van der Waals surface area contributed by atoms with Crippen molar-refractivity contribution in [2.75, 3.05) is 26.7 Å². The van der Waals surface area contributed by atoms with E-state index >= 15 is 0 Å². The number of carbonyl (C=O) groups is 1. The van der Waals surface area contributed by atoms with E-state index in [4.69, 9.17) is 22.1 Å². The average molecular weight is 552 g/mol. The van der Waals surface area contributed by atoms with Crippen LogP contribution in [0.15, 0.2) is 35.8 Å². The van der Waals surface area contributed by atoms with E-state index in [-0.39, 0.29) is 35.4 Å². The van der Waals surface area contributed by atoms with Gasteiger partial charge in [-0.25, -0.2) is 4.39 Å². The summed E-state index contributed by atoms with van der Waals surface area (Å²) in [5.41, 5.74) is 8.30. The molecule has 1 aliphatic heterocycles. The number of hydrogen-bond acceptors (Lipinski definition) is 7. The van der Waals surface area contributed by atoms with Crippen molar-refractivity contribution in [1.29, 1.82) is 0 Å². The maximum absolute atomic E-state index is 13.4. The lowest BCUT2D eigenvalue weighted by molar-refractivity contribution is -0.139. The molecule has 3 heterocycles. The summed E-state index contributed by atoms with van der Waals surface area (Å²) >= 11 is 12.6. The number of nitrogens with zero attached hydrogens (tertiary/aromatic N) is 2. The Morgan fingerprint density at radius 2 is 2.22 bits per heavy atom. The lowest BCUT2D eigenvalue weighted by atomic mass is 9.79. The van der Waals surface area contributed by atoms with Crippen LogP contribution in [0.4, 0.5) is 4.39 Å². The van der Waals surface area contributed by atoms with E-state index in [2.05, 4.69) is 22.5 Å². The number of fused-ring (bicyclic) bond motifs is 1. The van der Waals surface area contributed by atoms with Gasteiger partial charge in [0, 0.05) is 52.6 Å². The van der Waals surface area contributed by atoms with E-state index in [0.29, 0.717) is 30.3 Å². The van der Waals surface area contributed by atoms with Crippen LogP contribution in [0.25, 0.3) is 10.9 Å². The van der Waals surface area contributed by atoms with E-state index in [1.807, 2.05) is 18.2 Å². The molecule has 1 saturated heterocycles. The van der Waals surface area contributed by atoms with Gasteiger partial charge in [-0.2, -0.15) is 12.6 Å². The molecule has 0 spiro atoms. The summed E-state index contributed by atoms with van der Waals surface area (Å²) in [6, 6.07) is 6.86. The Balaban J connectivity index is 1.43. The molecule has 0 radical (unpaired) electrons. The minimum atomic E-state index is -0.797. The van der Waals surface area contributed by atoms with Crippen molar-refractivity contribution >= 4 is 52.4 Å². The molecule has 6 nitrogen and oxygen atoms in total. The second kappa shape index (κ2) is 12.1. The Morgan fingerprint density at radius 3 is 2.92 bits per heavy atom. The number of aromatic nitrogens is 1. The number of rotatable bonds is 10. The third-order valence-electron chi connectivity index (χ3n) is 7.05. The van der Waals surface area contributed by atoms with Gasteiger partial charge in [0.15, 0.2) is 0 Å². The Morgan fingerprint density at radius 1 is 1.42 bits per heavy atom. The molecule has 10 heteroatoms. The van der Waals surface area contributed by atoms with E-state index in [9.17, 15) is 14.3 Å². The smallest absolute Gasteiger partial charge is 0.303 e. The van der Waals surface area contributed by atoms with Crippen LogP contribution in [-0.2, 0) is 4.79 Å². The number of thiophene rings is 1. The summed E-state index contributed by atoms with van der Waals surface area (Å²) in [7, 11) is 1.61. The second-order valence-electron chi connectivity index (χ2n) is 9.44. The van der Waals surface area contributed by atoms with Crippen molar-refractivity contribution < 1.29 is 19.0 Å². The molecule has 3 N–H and O–H groups in total. The predicted octanol–water partition coefficient (Wildman–Crippen LogP) is 5.96. The number of halogens is 2. The molecule has 1 aliphatic rings. The second-order valence-corrected chi connectivity index (χ2v) is 11.4. The number of piperidine rings is 1. The lowest BCUT2D eigenvalue weighted by Crippen LogP contribution is -2.42. The van der Waals surface area contributed by atoms with Gasteiger partial charge in [-0.05, 0) is 67.5 Å². The predicted molar refractivity (Wildman–Crippen MR) is 146 cm³/mol. The van der Waals surface area contributed by atoms with Crippen LogP contribution in [-0.4, -0.2) is 47.7 Å². The molecule has 1 fully saturated rings. The summed E-state index contributed by atoms with van der Waals surface area (Å²) in [6.45, 7) is 2.18. The van der Waals surface area contributed by atoms with E-state index in [1.54, 1.807) is 13.3 Å². The molecule has 194 valence electrons. The van der Waals surface area contributed by atoms with Crippen LogP contribution < -0.4 is 10.5 Å². The zero-order chi connectivity index (χ0) is 25.8. The van der Waals surface area contributed by atoms with Crippen LogP contribution >= 0.6 is 35.6 Å². The number of likely N-dealkylation sites (tertiary alicyclic amines) is 1. The first-order valence-corrected chi connectivity index (χ1v) is 13.8. The first kappa shape index (κ1) is 27.1. The fourth-order valence-corrected chi connectivity index (χ4v) is 6.71. The van der Waals surface area contributed by atoms with Crippen molar-refractivity contribution in [2.45, 2.75) is 37.0 Å². The maximum Gasteiger partial charge on any atom is 0.303 e. The number of ether oxygens (including phenoxy) is 1. The van der Waals surface area contributed by atoms with Crippen LogP contribution in [0, 0.1) is 17.7 Å². The minimum Gasteiger partial charge on any atom is -0.497 e. The van der Waals surface area contributed by atoms with Gasteiger partial charge in [0.25, 0.3) is 0 Å². The van der Waals surface area contributed by atoms with Crippen molar-refractivity contribution in [1.82, 2.24) is 9.88 Å². The number of pyridine rings is 1. The molecule has 2 aromatic heterocycles. The highest BCUT2D eigenvalue weighted by Gasteiger charge is 2.32. The number of carboxylic acids is 1. The van der Waals surface area contributed by atoms with Gasteiger partial charge >= 0.3 is 5.97 Å². The normalized spacial score (nSPS) is 20.4. The van der Waals surface area contributed by atoms with Gasteiger partial charge in [-0.3, -0.25) is 9.78 Å². The summed E-state index contributed by atoms with van der Waals surface area (Å²) in [5.74, 6) is -0.0830.